The predicted molar refractivity (Wildman–Crippen MR) is 157 cm³/mol. The molecule has 2 N–H and O–H groups in total. The van der Waals surface area contributed by atoms with Crippen LogP contribution in [-0.2, 0) is 23.9 Å². The number of anilines is 2. The van der Waals surface area contributed by atoms with Gasteiger partial charge in [-0.25, -0.2) is 9.59 Å². The van der Waals surface area contributed by atoms with Crippen molar-refractivity contribution in [2.45, 2.75) is 19.9 Å². The molecule has 1 aliphatic rings. The van der Waals surface area contributed by atoms with E-state index in [1.165, 1.54) is 12.1 Å². The van der Waals surface area contributed by atoms with Gasteiger partial charge in [-0.3, -0.25) is 24.1 Å². The van der Waals surface area contributed by atoms with Crippen molar-refractivity contribution in [2.75, 3.05) is 23.8 Å². The Morgan fingerprint density at radius 2 is 1.26 bits per heavy atom. The number of amides is 4. The molecule has 0 aliphatic carbocycles. The topological polar surface area (TPSA) is 148 Å². The third-order valence-corrected chi connectivity index (χ3v) is 6.94. The molecule has 0 radical (unpaired) electrons. The van der Waals surface area contributed by atoms with Crippen molar-refractivity contribution in [3.05, 3.63) is 93.5 Å². The Bertz CT molecular complexity index is 1620. The van der Waals surface area contributed by atoms with E-state index in [1.54, 1.807) is 62.4 Å². The van der Waals surface area contributed by atoms with E-state index in [1.807, 2.05) is 0 Å². The van der Waals surface area contributed by atoms with E-state index in [0.29, 0.717) is 16.4 Å². The second-order valence-electron chi connectivity index (χ2n) is 9.67. The first-order valence-corrected chi connectivity index (χ1v) is 13.7. The number of ether oxygens (including phenoxy) is 2. The number of hydrogen-bond donors (Lipinski definition) is 2. The summed E-state index contributed by atoms with van der Waals surface area (Å²) >= 11 is 12.0. The van der Waals surface area contributed by atoms with Gasteiger partial charge in [-0.05, 0) is 48.4 Å². The summed E-state index contributed by atoms with van der Waals surface area (Å²) in [6.45, 7) is 1.90. The molecule has 11 nitrogen and oxygen atoms in total. The lowest BCUT2D eigenvalue weighted by Gasteiger charge is -2.27. The number of nitrogens with zero attached hydrogens (tertiary/aromatic N) is 1. The standard InChI is InChI=1S/C30H25Cl2N3O8/c1-16(2)26(30(41)43-15-25(37)34-23-10-6-4-8-21(23)32)35-27(38)18-12-11-17(13-19(18)28(35)39)29(40)42-14-24(36)33-22-9-5-3-7-20(22)31/h3-13,16,26H,14-15H2,1-2H3,(H,33,36)(H,34,37)/t26-/m1/s1. The number of fused-ring (bicyclic) bond motifs is 1. The van der Waals surface area contributed by atoms with Crippen molar-refractivity contribution in [3.63, 3.8) is 0 Å². The van der Waals surface area contributed by atoms with E-state index in [4.69, 9.17) is 32.7 Å². The van der Waals surface area contributed by atoms with Crippen molar-refractivity contribution in [1.29, 1.82) is 0 Å². The Hall–Kier alpha value is -4.74. The zero-order chi connectivity index (χ0) is 31.3. The molecule has 0 saturated heterocycles. The van der Waals surface area contributed by atoms with Gasteiger partial charge in [0.05, 0.1) is 38.1 Å². The number of carbonyl (C=O) groups is 6. The minimum absolute atomic E-state index is 0.0343. The highest BCUT2D eigenvalue weighted by Gasteiger charge is 2.45. The SMILES string of the molecule is CC(C)[C@H](C(=O)OCC(=O)Nc1ccccc1Cl)N1C(=O)c2ccc(C(=O)OCC(=O)Nc3ccccc3Cl)cc2C1=O. The molecule has 0 aromatic heterocycles. The number of benzene rings is 3. The van der Waals surface area contributed by atoms with Crippen LogP contribution < -0.4 is 10.6 Å². The van der Waals surface area contributed by atoms with Gasteiger partial charge in [0, 0.05) is 0 Å². The van der Waals surface area contributed by atoms with Crippen LogP contribution in [0.3, 0.4) is 0 Å². The molecule has 222 valence electrons. The van der Waals surface area contributed by atoms with Gasteiger partial charge in [-0.2, -0.15) is 0 Å². The largest absolute Gasteiger partial charge is 0.454 e. The van der Waals surface area contributed by atoms with Gasteiger partial charge in [0.2, 0.25) is 0 Å². The van der Waals surface area contributed by atoms with E-state index in [-0.39, 0.29) is 21.7 Å². The number of imide groups is 1. The molecule has 0 fully saturated rings. The van der Waals surface area contributed by atoms with Crippen LogP contribution in [0.4, 0.5) is 11.4 Å². The fourth-order valence-corrected chi connectivity index (χ4v) is 4.61. The number of esters is 2. The molecular formula is C30H25Cl2N3O8. The minimum atomic E-state index is -1.36. The van der Waals surface area contributed by atoms with E-state index in [2.05, 4.69) is 10.6 Å². The van der Waals surface area contributed by atoms with Crippen LogP contribution in [0.1, 0.15) is 44.9 Å². The summed E-state index contributed by atoms with van der Waals surface area (Å²) < 4.78 is 10.2. The number of halogens is 2. The second-order valence-corrected chi connectivity index (χ2v) is 10.5. The Morgan fingerprint density at radius 3 is 1.79 bits per heavy atom. The maximum absolute atomic E-state index is 13.3. The van der Waals surface area contributed by atoms with Crippen molar-refractivity contribution in [3.8, 4) is 0 Å². The van der Waals surface area contributed by atoms with Gasteiger partial charge in [0.1, 0.15) is 6.04 Å². The van der Waals surface area contributed by atoms with Crippen molar-refractivity contribution < 1.29 is 38.2 Å². The molecule has 3 aromatic carbocycles. The van der Waals surface area contributed by atoms with Crippen LogP contribution in [-0.4, -0.2) is 59.7 Å². The summed E-state index contributed by atoms with van der Waals surface area (Å²) in [5.74, 6) is -5.38. The lowest BCUT2D eigenvalue weighted by molar-refractivity contribution is -0.152. The van der Waals surface area contributed by atoms with E-state index >= 15 is 0 Å². The fourth-order valence-electron chi connectivity index (χ4n) is 4.25. The first kappa shape index (κ1) is 31.2. The second kappa shape index (κ2) is 13.5. The third kappa shape index (κ3) is 7.19. The average Bonchev–Trinajstić information content (AvgIpc) is 3.22. The van der Waals surface area contributed by atoms with Gasteiger partial charge < -0.3 is 20.1 Å². The van der Waals surface area contributed by atoms with Crippen molar-refractivity contribution in [2.24, 2.45) is 5.92 Å². The van der Waals surface area contributed by atoms with E-state index in [9.17, 15) is 28.8 Å². The highest BCUT2D eigenvalue weighted by Crippen LogP contribution is 2.29. The molecule has 1 aliphatic heterocycles. The zero-order valence-electron chi connectivity index (χ0n) is 22.9. The van der Waals surface area contributed by atoms with Crippen LogP contribution >= 0.6 is 23.2 Å². The number of hydrogen-bond acceptors (Lipinski definition) is 8. The molecule has 0 bridgehead atoms. The first-order chi connectivity index (χ1) is 20.5. The normalized spacial score (nSPS) is 12.9. The average molecular weight is 626 g/mol. The first-order valence-electron chi connectivity index (χ1n) is 12.9. The highest BCUT2D eigenvalue weighted by molar-refractivity contribution is 6.34. The molecule has 1 atom stereocenters. The van der Waals surface area contributed by atoms with Crippen molar-refractivity contribution >= 4 is 70.1 Å². The maximum atomic E-state index is 13.3. The van der Waals surface area contributed by atoms with Gasteiger partial charge in [-0.1, -0.05) is 61.3 Å². The monoisotopic (exact) mass is 625 g/mol. The molecule has 0 unspecified atom stereocenters. The summed E-state index contributed by atoms with van der Waals surface area (Å²) in [6, 6.07) is 15.3. The zero-order valence-corrected chi connectivity index (χ0v) is 24.4. The van der Waals surface area contributed by atoms with E-state index in [0.717, 1.165) is 11.0 Å². The molecule has 0 saturated carbocycles. The molecule has 43 heavy (non-hydrogen) atoms. The van der Waals surface area contributed by atoms with Gasteiger partial charge >= 0.3 is 11.9 Å². The number of carbonyl (C=O) groups excluding carboxylic acids is 6. The van der Waals surface area contributed by atoms with Crippen LogP contribution in [0.25, 0.3) is 0 Å². The van der Waals surface area contributed by atoms with Crippen LogP contribution in [0.5, 0.6) is 0 Å². The molecule has 4 rings (SSSR count). The fraction of sp³-hybridized carbons (Fsp3) is 0.200. The van der Waals surface area contributed by atoms with Gasteiger partial charge in [0.15, 0.2) is 13.2 Å². The lowest BCUT2D eigenvalue weighted by Crippen LogP contribution is -2.49. The van der Waals surface area contributed by atoms with Gasteiger partial charge in [0.25, 0.3) is 23.6 Å². The number of rotatable bonds is 10. The Kier molecular flexibility index (Phi) is 9.79. The Labute approximate surface area is 256 Å². The predicted octanol–water partition coefficient (Wildman–Crippen LogP) is 4.59. The van der Waals surface area contributed by atoms with E-state index < -0.39 is 60.7 Å². The summed E-state index contributed by atoms with van der Waals surface area (Å²) in [4.78, 5) is 77.4. The minimum Gasteiger partial charge on any atom is -0.454 e. The molecule has 4 amide bonds. The van der Waals surface area contributed by atoms with Crippen LogP contribution in [0.2, 0.25) is 10.0 Å². The number of para-hydroxylation sites is 2. The molecule has 3 aromatic rings. The molecular weight excluding hydrogens is 601 g/mol. The summed E-state index contributed by atoms with van der Waals surface area (Å²) in [6.07, 6.45) is 0. The summed E-state index contributed by atoms with van der Waals surface area (Å²) in [5.41, 5.74) is 0.406. The van der Waals surface area contributed by atoms with Crippen molar-refractivity contribution in [1.82, 2.24) is 4.90 Å². The number of nitrogens with one attached hydrogen (secondary N) is 2. The summed E-state index contributed by atoms with van der Waals surface area (Å²) in [5, 5.41) is 5.62. The lowest BCUT2D eigenvalue weighted by atomic mass is 10.0. The molecule has 1 heterocycles. The quantitative estimate of drug-likeness (QED) is 0.245. The smallest absolute Gasteiger partial charge is 0.338 e. The van der Waals surface area contributed by atoms with Crippen LogP contribution in [0, 0.1) is 5.92 Å². The Balaban J connectivity index is 1.40. The Morgan fingerprint density at radius 1 is 0.744 bits per heavy atom. The van der Waals surface area contributed by atoms with Gasteiger partial charge in [-0.15, -0.1) is 0 Å². The molecule has 13 heteroatoms. The van der Waals surface area contributed by atoms with Crippen LogP contribution in [0.15, 0.2) is 66.7 Å². The molecule has 0 spiro atoms. The third-order valence-electron chi connectivity index (χ3n) is 6.28. The highest BCUT2D eigenvalue weighted by atomic mass is 35.5. The maximum Gasteiger partial charge on any atom is 0.338 e. The summed E-state index contributed by atoms with van der Waals surface area (Å²) in [7, 11) is 0.